The monoisotopic (exact) mass is 279 g/mol. The number of unbranched alkanes of at least 4 members (excludes halogenated alkanes) is 3. The van der Waals surface area contributed by atoms with Gasteiger partial charge in [0.25, 0.3) is 0 Å². The molecule has 1 aromatic carbocycles. The molecule has 0 aliphatic carbocycles. The number of methoxy groups -OCH3 is 1. The van der Waals surface area contributed by atoms with Crippen LogP contribution in [0.4, 0.5) is 0 Å². The summed E-state index contributed by atoms with van der Waals surface area (Å²) in [5.41, 5.74) is 7.84. The minimum absolute atomic E-state index is 0.312. The SMILES string of the molecule is CCCCCCC(C)OCc1ccc(CN)c(OC)c1. The summed E-state index contributed by atoms with van der Waals surface area (Å²) in [5.74, 6) is 0.851. The summed E-state index contributed by atoms with van der Waals surface area (Å²) in [6.45, 7) is 5.52. The zero-order valence-corrected chi connectivity index (χ0v) is 13.2. The first-order valence-corrected chi connectivity index (χ1v) is 7.68. The molecule has 0 amide bonds. The van der Waals surface area contributed by atoms with Crippen LogP contribution in [0.3, 0.4) is 0 Å². The van der Waals surface area contributed by atoms with Crippen LogP contribution in [0, 0.1) is 0 Å². The van der Waals surface area contributed by atoms with E-state index in [0.717, 1.165) is 23.3 Å². The molecule has 0 aliphatic heterocycles. The number of hydrogen-bond acceptors (Lipinski definition) is 3. The van der Waals surface area contributed by atoms with Gasteiger partial charge in [-0.1, -0.05) is 44.7 Å². The Kier molecular flexibility index (Phi) is 8.31. The van der Waals surface area contributed by atoms with Crippen molar-refractivity contribution in [3.05, 3.63) is 29.3 Å². The van der Waals surface area contributed by atoms with E-state index in [2.05, 4.69) is 19.9 Å². The summed E-state index contributed by atoms with van der Waals surface area (Å²) in [4.78, 5) is 0. The lowest BCUT2D eigenvalue weighted by Crippen LogP contribution is -2.08. The Balaban J connectivity index is 2.37. The van der Waals surface area contributed by atoms with Crippen molar-refractivity contribution in [3.8, 4) is 5.75 Å². The van der Waals surface area contributed by atoms with Gasteiger partial charge in [-0.3, -0.25) is 0 Å². The molecule has 0 aromatic heterocycles. The Morgan fingerprint density at radius 1 is 1.20 bits per heavy atom. The predicted molar refractivity (Wildman–Crippen MR) is 83.9 cm³/mol. The van der Waals surface area contributed by atoms with Crippen molar-refractivity contribution in [1.29, 1.82) is 0 Å². The zero-order valence-electron chi connectivity index (χ0n) is 13.2. The number of nitrogens with two attached hydrogens (primary N) is 1. The fourth-order valence-corrected chi connectivity index (χ4v) is 2.23. The Morgan fingerprint density at radius 3 is 2.65 bits per heavy atom. The van der Waals surface area contributed by atoms with Crippen LogP contribution >= 0.6 is 0 Å². The van der Waals surface area contributed by atoms with E-state index in [0.29, 0.717) is 19.3 Å². The van der Waals surface area contributed by atoms with Crippen molar-refractivity contribution in [2.24, 2.45) is 5.73 Å². The van der Waals surface area contributed by atoms with Crippen LogP contribution in [0.2, 0.25) is 0 Å². The van der Waals surface area contributed by atoms with E-state index >= 15 is 0 Å². The molecule has 20 heavy (non-hydrogen) atoms. The van der Waals surface area contributed by atoms with Crippen LogP contribution in [0.1, 0.15) is 57.1 Å². The van der Waals surface area contributed by atoms with Gasteiger partial charge in [0.05, 0.1) is 19.8 Å². The molecule has 0 spiro atoms. The molecule has 0 aliphatic rings. The number of ether oxygens (including phenoxy) is 2. The molecule has 3 nitrogen and oxygen atoms in total. The van der Waals surface area contributed by atoms with E-state index in [1.807, 2.05) is 12.1 Å². The van der Waals surface area contributed by atoms with E-state index in [4.69, 9.17) is 15.2 Å². The van der Waals surface area contributed by atoms with Gasteiger partial charge < -0.3 is 15.2 Å². The second kappa shape index (κ2) is 9.78. The molecule has 0 heterocycles. The zero-order chi connectivity index (χ0) is 14.8. The van der Waals surface area contributed by atoms with Gasteiger partial charge in [-0.25, -0.2) is 0 Å². The third-order valence-electron chi connectivity index (χ3n) is 3.57. The Hall–Kier alpha value is -1.06. The molecular formula is C17H29NO2. The molecule has 114 valence electrons. The second-order valence-corrected chi connectivity index (χ2v) is 5.32. The van der Waals surface area contributed by atoms with E-state index in [1.54, 1.807) is 7.11 Å². The summed E-state index contributed by atoms with van der Waals surface area (Å²) in [6.07, 6.45) is 6.62. The van der Waals surface area contributed by atoms with Crippen LogP contribution in [0.25, 0.3) is 0 Å². The molecule has 1 unspecified atom stereocenters. The molecule has 0 saturated heterocycles. The van der Waals surface area contributed by atoms with Gasteiger partial charge in [0.15, 0.2) is 0 Å². The Bertz CT molecular complexity index is 379. The van der Waals surface area contributed by atoms with Gasteiger partial charge in [-0.05, 0) is 25.0 Å². The average molecular weight is 279 g/mol. The standard InChI is InChI=1S/C17H29NO2/c1-4-5-6-7-8-14(2)20-13-15-9-10-16(12-18)17(11-15)19-3/h9-11,14H,4-8,12-13,18H2,1-3H3. The van der Waals surface area contributed by atoms with Gasteiger partial charge in [-0.15, -0.1) is 0 Å². The smallest absolute Gasteiger partial charge is 0.123 e. The van der Waals surface area contributed by atoms with Crippen molar-refractivity contribution in [3.63, 3.8) is 0 Å². The molecule has 2 N–H and O–H groups in total. The van der Waals surface area contributed by atoms with Crippen molar-refractivity contribution >= 4 is 0 Å². The maximum atomic E-state index is 5.89. The van der Waals surface area contributed by atoms with Crippen molar-refractivity contribution < 1.29 is 9.47 Å². The lowest BCUT2D eigenvalue weighted by Gasteiger charge is -2.14. The highest BCUT2D eigenvalue weighted by Crippen LogP contribution is 2.20. The van der Waals surface area contributed by atoms with Crippen molar-refractivity contribution in [1.82, 2.24) is 0 Å². The molecule has 1 atom stereocenters. The molecule has 0 saturated carbocycles. The molecule has 3 heteroatoms. The van der Waals surface area contributed by atoms with Crippen LogP contribution < -0.4 is 10.5 Å². The summed E-state index contributed by atoms with van der Waals surface area (Å²) < 4.78 is 11.2. The molecular weight excluding hydrogens is 250 g/mol. The maximum Gasteiger partial charge on any atom is 0.123 e. The van der Waals surface area contributed by atoms with Crippen molar-refractivity contribution in [2.45, 2.75) is 65.2 Å². The summed E-state index contributed by atoms with van der Waals surface area (Å²) in [5, 5.41) is 0. The van der Waals surface area contributed by atoms with Gasteiger partial charge in [0, 0.05) is 12.1 Å². The molecule has 0 radical (unpaired) electrons. The quantitative estimate of drug-likeness (QED) is 0.658. The highest BCUT2D eigenvalue weighted by Gasteiger charge is 2.06. The van der Waals surface area contributed by atoms with Crippen LogP contribution in [-0.2, 0) is 17.9 Å². The van der Waals surface area contributed by atoms with Crippen LogP contribution in [0.5, 0.6) is 5.75 Å². The average Bonchev–Trinajstić information content (AvgIpc) is 2.49. The number of benzene rings is 1. The highest BCUT2D eigenvalue weighted by molar-refractivity contribution is 5.37. The van der Waals surface area contributed by atoms with E-state index in [1.165, 1.54) is 25.7 Å². The first kappa shape index (κ1) is 17.0. The normalized spacial score (nSPS) is 12.4. The molecule has 1 rings (SSSR count). The number of hydrogen-bond donors (Lipinski definition) is 1. The Morgan fingerprint density at radius 2 is 2.00 bits per heavy atom. The lowest BCUT2D eigenvalue weighted by molar-refractivity contribution is 0.0458. The Labute approximate surface area is 123 Å². The van der Waals surface area contributed by atoms with E-state index in [9.17, 15) is 0 Å². The summed E-state index contributed by atoms with van der Waals surface area (Å²) in [7, 11) is 1.68. The van der Waals surface area contributed by atoms with Crippen molar-refractivity contribution in [2.75, 3.05) is 7.11 Å². The summed E-state index contributed by atoms with van der Waals surface area (Å²) >= 11 is 0. The third-order valence-corrected chi connectivity index (χ3v) is 3.57. The van der Waals surface area contributed by atoms with Gasteiger partial charge >= 0.3 is 0 Å². The fourth-order valence-electron chi connectivity index (χ4n) is 2.23. The number of rotatable bonds is 10. The van der Waals surface area contributed by atoms with Gasteiger partial charge in [0.2, 0.25) is 0 Å². The topological polar surface area (TPSA) is 44.5 Å². The maximum absolute atomic E-state index is 5.89. The van der Waals surface area contributed by atoms with Gasteiger partial charge in [0.1, 0.15) is 5.75 Å². The highest BCUT2D eigenvalue weighted by atomic mass is 16.5. The third kappa shape index (κ3) is 5.93. The predicted octanol–water partition coefficient (Wildman–Crippen LogP) is 4.03. The first-order valence-electron chi connectivity index (χ1n) is 7.68. The summed E-state index contributed by atoms with van der Waals surface area (Å²) in [6, 6.07) is 6.10. The van der Waals surface area contributed by atoms with Crippen LogP contribution in [-0.4, -0.2) is 13.2 Å². The molecule has 1 aromatic rings. The van der Waals surface area contributed by atoms with E-state index < -0.39 is 0 Å². The molecule has 0 fully saturated rings. The van der Waals surface area contributed by atoms with E-state index in [-0.39, 0.29) is 0 Å². The second-order valence-electron chi connectivity index (χ2n) is 5.32. The molecule has 0 bridgehead atoms. The largest absolute Gasteiger partial charge is 0.496 e. The fraction of sp³-hybridized carbons (Fsp3) is 0.647. The van der Waals surface area contributed by atoms with Gasteiger partial charge in [-0.2, -0.15) is 0 Å². The minimum atomic E-state index is 0.312. The lowest BCUT2D eigenvalue weighted by atomic mass is 10.1. The minimum Gasteiger partial charge on any atom is -0.496 e. The first-order chi connectivity index (χ1) is 9.71. The van der Waals surface area contributed by atoms with Crippen LogP contribution in [0.15, 0.2) is 18.2 Å².